The first kappa shape index (κ1) is 9.65. The van der Waals surface area contributed by atoms with Gasteiger partial charge in [-0.05, 0) is 18.3 Å². The highest BCUT2D eigenvalue weighted by atomic mass is 16.5. The van der Waals surface area contributed by atoms with E-state index in [2.05, 4.69) is 17.1 Å². The molecule has 0 amide bonds. The predicted molar refractivity (Wildman–Crippen MR) is 52.5 cm³/mol. The van der Waals surface area contributed by atoms with Crippen LogP contribution in [-0.4, -0.2) is 10.1 Å². The van der Waals surface area contributed by atoms with Crippen LogP contribution in [0.5, 0.6) is 0 Å². The second kappa shape index (κ2) is 3.35. The largest absolute Gasteiger partial charge is 0.340 e. The molecule has 1 aliphatic rings. The predicted octanol–water partition coefficient (Wildman–Crippen LogP) is 1.96. The van der Waals surface area contributed by atoms with Crippen molar-refractivity contribution in [2.45, 2.75) is 45.6 Å². The lowest BCUT2D eigenvalue weighted by Gasteiger charge is -2.28. The third-order valence-electron chi connectivity index (χ3n) is 3.32. The summed E-state index contributed by atoms with van der Waals surface area (Å²) in [5.74, 6) is 1.25. The van der Waals surface area contributed by atoms with Gasteiger partial charge in [-0.1, -0.05) is 24.9 Å². The van der Waals surface area contributed by atoms with Crippen molar-refractivity contribution in [2.24, 2.45) is 11.1 Å². The first-order valence-corrected chi connectivity index (χ1v) is 5.18. The molecule has 1 aliphatic carbocycles. The molecule has 1 unspecified atom stereocenters. The minimum absolute atomic E-state index is 0.0811. The van der Waals surface area contributed by atoms with Gasteiger partial charge in [0.2, 0.25) is 5.89 Å². The highest BCUT2D eigenvalue weighted by Crippen LogP contribution is 2.45. The fraction of sp³-hybridized carbons (Fsp3) is 0.800. The summed E-state index contributed by atoms with van der Waals surface area (Å²) in [6, 6.07) is -0.0811. The molecule has 4 nitrogen and oxygen atoms in total. The molecule has 2 rings (SSSR count). The second-order valence-corrected chi connectivity index (χ2v) is 4.51. The lowest BCUT2D eigenvalue weighted by Crippen LogP contribution is -2.30. The van der Waals surface area contributed by atoms with Crippen molar-refractivity contribution in [1.29, 1.82) is 0 Å². The molecule has 1 fully saturated rings. The normalized spacial score (nSPS) is 22.5. The van der Waals surface area contributed by atoms with Gasteiger partial charge in [-0.15, -0.1) is 0 Å². The Labute approximate surface area is 83.9 Å². The molecule has 1 heterocycles. The minimum atomic E-state index is -0.0811. The van der Waals surface area contributed by atoms with E-state index in [9.17, 15) is 0 Å². The van der Waals surface area contributed by atoms with Gasteiger partial charge in [0, 0.05) is 6.92 Å². The van der Waals surface area contributed by atoms with E-state index in [4.69, 9.17) is 10.3 Å². The lowest BCUT2D eigenvalue weighted by atomic mass is 9.81. The smallest absolute Gasteiger partial charge is 0.223 e. The fourth-order valence-corrected chi connectivity index (χ4v) is 2.25. The fourth-order valence-electron chi connectivity index (χ4n) is 2.25. The quantitative estimate of drug-likeness (QED) is 0.783. The van der Waals surface area contributed by atoms with Gasteiger partial charge in [-0.2, -0.15) is 4.98 Å². The molecule has 78 valence electrons. The molecule has 0 bridgehead atoms. The second-order valence-electron chi connectivity index (χ2n) is 4.51. The molecule has 0 radical (unpaired) electrons. The van der Waals surface area contributed by atoms with Gasteiger partial charge in [0.25, 0.3) is 0 Å². The van der Waals surface area contributed by atoms with Crippen molar-refractivity contribution in [2.75, 3.05) is 0 Å². The van der Waals surface area contributed by atoms with Crippen LogP contribution in [0, 0.1) is 12.3 Å². The van der Waals surface area contributed by atoms with Gasteiger partial charge >= 0.3 is 0 Å². The average Bonchev–Trinajstić information content (AvgIpc) is 2.74. The van der Waals surface area contributed by atoms with Crippen LogP contribution in [0.25, 0.3) is 0 Å². The van der Waals surface area contributed by atoms with Gasteiger partial charge < -0.3 is 10.3 Å². The van der Waals surface area contributed by atoms with Crippen LogP contribution in [-0.2, 0) is 0 Å². The summed E-state index contributed by atoms with van der Waals surface area (Å²) in [4.78, 5) is 4.20. The lowest BCUT2D eigenvalue weighted by molar-refractivity contribution is 0.250. The average molecular weight is 195 g/mol. The number of hydrogen-bond donors (Lipinski definition) is 1. The summed E-state index contributed by atoms with van der Waals surface area (Å²) in [7, 11) is 0. The van der Waals surface area contributed by atoms with Gasteiger partial charge in [0.1, 0.15) is 0 Å². The number of aromatic nitrogens is 2. The van der Waals surface area contributed by atoms with Crippen molar-refractivity contribution in [3.63, 3.8) is 0 Å². The Bertz CT molecular complexity index is 315. The van der Waals surface area contributed by atoms with Gasteiger partial charge in [-0.3, -0.25) is 0 Å². The van der Waals surface area contributed by atoms with Crippen LogP contribution in [0.15, 0.2) is 4.52 Å². The number of hydrogen-bond acceptors (Lipinski definition) is 4. The highest BCUT2D eigenvalue weighted by molar-refractivity contribution is 5.01. The van der Waals surface area contributed by atoms with Crippen LogP contribution in [0.3, 0.4) is 0 Å². The van der Waals surface area contributed by atoms with Crippen LogP contribution >= 0.6 is 0 Å². The van der Waals surface area contributed by atoms with Crippen LogP contribution < -0.4 is 5.73 Å². The van der Waals surface area contributed by atoms with E-state index >= 15 is 0 Å². The van der Waals surface area contributed by atoms with Crippen LogP contribution in [0.1, 0.15) is 50.4 Å². The molecule has 1 aromatic heterocycles. The highest BCUT2D eigenvalue weighted by Gasteiger charge is 2.37. The minimum Gasteiger partial charge on any atom is -0.340 e. The Kier molecular flexibility index (Phi) is 2.31. The number of nitrogens with zero attached hydrogens (tertiary/aromatic N) is 2. The summed E-state index contributed by atoms with van der Waals surface area (Å²) in [5.41, 5.74) is 6.33. The Morgan fingerprint density at radius 2 is 2.07 bits per heavy atom. The Hall–Kier alpha value is -0.900. The van der Waals surface area contributed by atoms with E-state index in [0.29, 0.717) is 11.7 Å². The first-order valence-electron chi connectivity index (χ1n) is 5.18. The van der Waals surface area contributed by atoms with Crippen molar-refractivity contribution < 1.29 is 4.52 Å². The number of nitrogens with two attached hydrogens (primary N) is 1. The SMILES string of the molecule is Cc1nc(C(N)C2(C)CCCC2)no1. The topological polar surface area (TPSA) is 64.9 Å². The standard InChI is InChI=1S/C10H17N3O/c1-7-12-9(13-14-7)8(11)10(2)5-3-4-6-10/h8H,3-6,11H2,1-2H3. The summed E-state index contributed by atoms with van der Waals surface area (Å²) in [5, 5.41) is 3.89. The van der Waals surface area contributed by atoms with E-state index in [1.165, 1.54) is 25.7 Å². The maximum absolute atomic E-state index is 6.16. The van der Waals surface area contributed by atoms with E-state index in [-0.39, 0.29) is 11.5 Å². The van der Waals surface area contributed by atoms with E-state index in [1.54, 1.807) is 6.92 Å². The Morgan fingerprint density at radius 1 is 1.43 bits per heavy atom. The molecule has 4 heteroatoms. The van der Waals surface area contributed by atoms with Crippen LogP contribution in [0.2, 0.25) is 0 Å². The van der Waals surface area contributed by atoms with E-state index in [0.717, 1.165) is 0 Å². The molecule has 0 aromatic carbocycles. The zero-order chi connectivity index (χ0) is 10.2. The van der Waals surface area contributed by atoms with Crippen molar-refractivity contribution >= 4 is 0 Å². The Balaban J connectivity index is 2.18. The summed E-state index contributed by atoms with van der Waals surface area (Å²) >= 11 is 0. The molecule has 0 spiro atoms. The molecule has 2 N–H and O–H groups in total. The molecular weight excluding hydrogens is 178 g/mol. The van der Waals surface area contributed by atoms with Crippen molar-refractivity contribution in [3.8, 4) is 0 Å². The monoisotopic (exact) mass is 195 g/mol. The summed E-state index contributed by atoms with van der Waals surface area (Å²) in [6.45, 7) is 4.01. The van der Waals surface area contributed by atoms with Crippen molar-refractivity contribution in [1.82, 2.24) is 10.1 Å². The maximum Gasteiger partial charge on any atom is 0.223 e. The molecule has 1 atom stereocenters. The third-order valence-corrected chi connectivity index (χ3v) is 3.32. The Morgan fingerprint density at radius 3 is 2.57 bits per heavy atom. The molecule has 0 saturated heterocycles. The molecule has 1 saturated carbocycles. The van der Waals surface area contributed by atoms with E-state index in [1.807, 2.05) is 0 Å². The van der Waals surface area contributed by atoms with Crippen molar-refractivity contribution in [3.05, 3.63) is 11.7 Å². The number of aryl methyl sites for hydroxylation is 1. The molecule has 0 aliphatic heterocycles. The van der Waals surface area contributed by atoms with Gasteiger partial charge in [0.05, 0.1) is 6.04 Å². The summed E-state index contributed by atoms with van der Waals surface area (Å²) in [6.07, 6.45) is 4.87. The zero-order valence-electron chi connectivity index (χ0n) is 8.79. The third kappa shape index (κ3) is 1.54. The first-order chi connectivity index (χ1) is 6.62. The van der Waals surface area contributed by atoms with Gasteiger partial charge in [0.15, 0.2) is 5.82 Å². The maximum atomic E-state index is 6.16. The summed E-state index contributed by atoms with van der Waals surface area (Å²) < 4.78 is 4.95. The molecular formula is C10H17N3O. The van der Waals surface area contributed by atoms with E-state index < -0.39 is 0 Å². The molecule has 14 heavy (non-hydrogen) atoms. The molecule has 1 aromatic rings. The van der Waals surface area contributed by atoms with Gasteiger partial charge in [-0.25, -0.2) is 0 Å². The number of rotatable bonds is 2. The zero-order valence-corrected chi connectivity index (χ0v) is 8.79. The van der Waals surface area contributed by atoms with Crippen LogP contribution in [0.4, 0.5) is 0 Å².